The van der Waals surface area contributed by atoms with Crippen molar-refractivity contribution in [2.45, 2.75) is 20.8 Å². The fourth-order valence-corrected chi connectivity index (χ4v) is 3.14. The van der Waals surface area contributed by atoms with Gasteiger partial charge in [0.25, 0.3) is 0 Å². The van der Waals surface area contributed by atoms with E-state index in [0.717, 1.165) is 11.4 Å². The molecule has 0 aliphatic carbocycles. The van der Waals surface area contributed by atoms with E-state index in [1.54, 1.807) is 27.8 Å². The Hall–Kier alpha value is -3.07. The Kier molecular flexibility index (Phi) is 6.38. The zero-order chi connectivity index (χ0) is 21.0. The molecular formula is C20H27N5O4. The summed E-state index contributed by atoms with van der Waals surface area (Å²) in [5.74, 6) is 0.897. The molecule has 1 aromatic carbocycles. The molecule has 1 aromatic heterocycles. The summed E-state index contributed by atoms with van der Waals surface area (Å²) in [5, 5.41) is 10.0. The lowest BCUT2D eigenvalue weighted by atomic mass is 10.2. The van der Waals surface area contributed by atoms with Crippen LogP contribution in [0.25, 0.3) is 0 Å². The van der Waals surface area contributed by atoms with Gasteiger partial charge in [-0.25, -0.2) is 0 Å². The van der Waals surface area contributed by atoms with Crippen LogP contribution < -0.4 is 20.1 Å². The fraction of sp³-hybridized carbons (Fsp3) is 0.450. The van der Waals surface area contributed by atoms with Crippen LogP contribution in [0.3, 0.4) is 0 Å². The van der Waals surface area contributed by atoms with E-state index in [0.29, 0.717) is 42.6 Å². The number of carbonyl (C=O) groups is 2. The fourth-order valence-electron chi connectivity index (χ4n) is 3.14. The average molecular weight is 401 g/mol. The number of aryl methyl sites for hydroxylation is 2. The predicted molar refractivity (Wildman–Crippen MR) is 109 cm³/mol. The van der Waals surface area contributed by atoms with Crippen LogP contribution in [-0.4, -0.2) is 59.3 Å². The SMILES string of the molecule is CCN(CC(=O)Nc1ccc2c(c1)OCCO2)CC(=O)Nc1c(C)nn(C)c1C. The molecule has 0 saturated heterocycles. The van der Waals surface area contributed by atoms with Gasteiger partial charge in [-0.2, -0.15) is 5.10 Å². The van der Waals surface area contributed by atoms with Gasteiger partial charge < -0.3 is 20.1 Å². The average Bonchev–Trinajstić information content (AvgIpc) is 2.93. The van der Waals surface area contributed by atoms with Crippen LogP contribution in [0.1, 0.15) is 18.3 Å². The molecule has 0 bridgehead atoms. The molecule has 0 radical (unpaired) electrons. The first kappa shape index (κ1) is 20.7. The number of aromatic nitrogens is 2. The highest BCUT2D eigenvalue weighted by atomic mass is 16.6. The minimum Gasteiger partial charge on any atom is -0.486 e. The smallest absolute Gasteiger partial charge is 0.238 e. The molecular weight excluding hydrogens is 374 g/mol. The molecule has 2 heterocycles. The predicted octanol–water partition coefficient (Wildman–Crippen LogP) is 1.71. The quantitative estimate of drug-likeness (QED) is 0.733. The van der Waals surface area contributed by atoms with E-state index in [4.69, 9.17) is 9.47 Å². The van der Waals surface area contributed by atoms with E-state index >= 15 is 0 Å². The minimum absolute atomic E-state index is 0.101. The van der Waals surface area contributed by atoms with Crippen LogP contribution in [0.5, 0.6) is 11.5 Å². The summed E-state index contributed by atoms with van der Waals surface area (Å²) in [6, 6.07) is 5.28. The van der Waals surface area contributed by atoms with Crippen molar-refractivity contribution < 1.29 is 19.1 Å². The Morgan fingerprint density at radius 1 is 1.10 bits per heavy atom. The van der Waals surface area contributed by atoms with Gasteiger partial charge in [0.2, 0.25) is 11.8 Å². The summed E-state index contributed by atoms with van der Waals surface area (Å²) >= 11 is 0. The highest BCUT2D eigenvalue weighted by Crippen LogP contribution is 2.32. The highest BCUT2D eigenvalue weighted by Gasteiger charge is 2.18. The summed E-state index contributed by atoms with van der Waals surface area (Å²) in [6.45, 7) is 7.43. The molecule has 3 rings (SSSR count). The first-order chi connectivity index (χ1) is 13.9. The maximum Gasteiger partial charge on any atom is 0.238 e. The topological polar surface area (TPSA) is 97.7 Å². The van der Waals surface area contributed by atoms with Crippen molar-refractivity contribution in [3.8, 4) is 11.5 Å². The second-order valence-electron chi connectivity index (χ2n) is 6.93. The maximum atomic E-state index is 12.4. The van der Waals surface area contributed by atoms with Crippen LogP contribution in [0, 0.1) is 13.8 Å². The van der Waals surface area contributed by atoms with Gasteiger partial charge in [0, 0.05) is 18.8 Å². The van der Waals surface area contributed by atoms with Gasteiger partial charge in [-0.1, -0.05) is 6.92 Å². The zero-order valence-corrected chi connectivity index (χ0v) is 17.2. The third-order valence-electron chi connectivity index (χ3n) is 4.78. The lowest BCUT2D eigenvalue weighted by Crippen LogP contribution is -2.38. The van der Waals surface area contributed by atoms with Gasteiger partial charge in [0.05, 0.1) is 30.2 Å². The number of nitrogens with one attached hydrogen (secondary N) is 2. The summed E-state index contributed by atoms with van der Waals surface area (Å²) in [7, 11) is 1.83. The molecule has 156 valence electrons. The van der Waals surface area contributed by atoms with Crippen molar-refractivity contribution in [2.75, 3.05) is 43.5 Å². The van der Waals surface area contributed by atoms with Crippen molar-refractivity contribution in [3.63, 3.8) is 0 Å². The Morgan fingerprint density at radius 3 is 2.38 bits per heavy atom. The minimum atomic E-state index is -0.204. The second kappa shape index (κ2) is 8.95. The van der Waals surface area contributed by atoms with Gasteiger partial charge in [-0.05, 0) is 32.5 Å². The first-order valence-corrected chi connectivity index (χ1v) is 9.59. The third-order valence-corrected chi connectivity index (χ3v) is 4.78. The molecule has 0 unspecified atom stereocenters. The van der Waals surface area contributed by atoms with Crippen molar-refractivity contribution in [1.29, 1.82) is 0 Å². The number of amides is 2. The number of rotatable bonds is 7. The Balaban J connectivity index is 1.55. The molecule has 2 N–H and O–H groups in total. The summed E-state index contributed by atoms with van der Waals surface area (Å²) < 4.78 is 12.7. The molecule has 0 fully saturated rings. The largest absolute Gasteiger partial charge is 0.486 e. The maximum absolute atomic E-state index is 12.4. The molecule has 2 amide bonds. The number of fused-ring (bicyclic) bond motifs is 1. The first-order valence-electron chi connectivity index (χ1n) is 9.59. The van der Waals surface area contributed by atoms with Gasteiger partial charge in [-0.3, -0.25) is 19.2 Å². The summed E-state index contributed by atoms with van der Waals surface area (Å²) in [4.78, 5) is 26.6. The number of ether oxygens (including phenoxy) is 2. The second-order valence-corrected chi connectivity index (χ2v) is 6.93. The molecule has 29 heavy (non-hydrogen) atoms. The van der Waals surface area contributed by atoms with E-state index in [1.165, 1.54) is 0 Å². The van der Waals surface area contributed by atoms with E-state index < -0.39 is 0 Å². The monoisotopic (exact) mass is 401 g/mol. The number of anilines is 2. The van der Waals surface area contributed by atoms with E-state index in [2.05, 4.69) is 15.7 Å². The number of benzene rings is 1. The number of likely N-dealkylation sites (N-methyl/N-ethyl adjacent to an activating group) is 1. The van der Waals surface area contributed by atoms with Crippen LogP contribution in [0.15, 0.2) is 18.2 Å². The van der Waals surface area contributed by atoms with Crippen LogP contribution >= 0.6 is 0 Å². The number of carbonyl (C=O) groups excluding carboxylic acids is 2. The van der Waals surface area contributed by atoms with Gasteiger partial charge in [0.1, 0.15) is 13.2 Å². The normalized spacial score (nSPS) is 12.7. The number of hydrogen-bond acceptors (Lipinski definition) is 6. The van der Waals surface area contributed by atoms with Gasteiger partial charge >= 0.3 is 0 Å². The van der Waals surface area contributed by atoms with Crippen LogP contribution in [-0.2, 0) is 16.6 Å². The van der Waals surface area contributed by atoms with Gasteiger partial charge in [0.15, 0.2) is 11.5 Å². The summed E-state index contributed by atoms with van der Waals surface area (Å²) in [6.07, 6.45) is 0. The number of nitrogens with zero attached hydrogens (tertiary/aromatic N) is 3. The lowest BCUT2D eigenvalue weighted by molar-refractivity contribution is -0.119. The molecule has 0 atom stereocenters. The molecule has 9 nitrogen and oxygen atoms in total. The molecule has 1 aliphatic rings. The molecule has 9 heteroatoms. The standard InChI is InChI=1S/C20H27N5O4/c1-5-25(12-19(27)22-20-13(2)23-24(4)14(20)3)11-18(26)21-15-6-7-16-17(10-15)29-9-8-28-16/h6-7,10H,5,8-9,11-12H2,1-4H3,(H,21,26)(H,22,27). The third kappa shape index (κ3) is 5.05. The Bertz CT molecular complexity index is 909. The highest BCUT2D eigenvalue weighted by molar-refractivity contribution is 5.95. The van der Waals surface area contributed by atoms with Crippen molar-refractivity contribution in [2.24, 2.45) is 7.05 Å². The lowest BCUT2D eigenvalue weighted by Gasteiger charge is -2.21. The zero-order valence-electron chi connectivity index (χ0n) is 17.2. The molecule has 1 aliphatic heterocycles. The molecule has 0 spiro atoms. The Labute approximate surface area is 170 Å². The number of hydrogen-bond donors (Lipinski definition) is 2. The Morgan fingerprint density at radius 2 is 1.76 bits per heavy atom. The van der Waals surface area contributed by atoms with Crippen LogP contribution in [0.2, 0.25) is 0 Å². The molecule has 0 saturated carbocycles. The van der Waals surface area contributed by atoms with Crippen molar-refractivity contribution >= 4 is 23.2 Å². The van der Waals surface area contributed by atoms with E-state index in [1.807, 2.05) is 27.8 Å². The van der Waals surface area contributed by atoms with Gasteiger partial charge in [-0.15, -0.1) is 0 Å². The van der Waals surface area contributed by atoms with E-state index in [9.17, 15) is 9.59 Å². The van der Waals surface area contributed by atoms with Crippen molar-refractivity contribution in [1.82, 2.24) is 14.7 Å². The summed E-state index contributed by atoms with van der Waals surface area (Å²) in [5.41, 5.74) is 2.99. The van der Waals surface area contributed by atoms with E-state index in [-0.39, 0.29) is 24.9 Å². The molecule has 2 aromatic rings. The van der Waals surface area contributed by atoms with Crippen molar-refractivity contribution in [3.05, 3.63) is 29.6 Å². The van der Waals surface area contributed by atoms with Crippen LogP contribution in [0.4, 0.5) is 11.4 Å².